The molecule has 0 radical (unpaired) electrons. The minimum absolute atomic E-state index is 0.0614. The Kier molecular flexibility index (Phi) is 6.40. The van der Waals surface area contributed by atoms with Crippen LogP contribution in [0.25, 0.3) is 0 Å². The molecule has 0 unspecified atom stereocenters. The van der Waals surface area contributed by atoms with Crippen molar-refractivity contribution in [1.82, 2.24) is 10.3 Å². The quantitative estimate of drug-likeness (QED) is 0.713. The Morgan fingerprint density at radius 2 is 2.05 bits per heavy atom. The zero-order valence-electron chi connectivity index (χ0n) is 12.6. The average molecular weight is 362 g/mol. The molecule has 2 aromatic rings. The molecule has 1 heterocycles. The molecule has 0 fully saturated rings. The lowest BCUT2D eigenvalue weighted by molar-refractivity contribution is 0.0953. The highest BCUT2D eigenvalue weighted by atomic mass is 79.9. The summed E-state index contributed by atoms with van der Waals surface area (Å²) < 4.78 is 0.950. The third-order valence-corrected chi connectivity index (χ3v) is 3.92. The Balaban J connectivity index is 2.00. The highest BCUT2D eigenvalue weighted by Crippen LogP contribution is 2.24. The molecule has 1 amide bonds. The van der Waals surface area contributed by atoms with E-state index >= 15 is 0 Å². The molecule has 1 aromatic carbocycles. The van der Waals surface area contributed by atoms with Crippen LogP contribution in [0.2, 0.25) is 0 Å². The fourth-order valence-corrected chi connectivity index (χ4v) is 2.40. The smallest absolute Gasteiger partial charge is 0.251 e. The van der Waals surface area contributed by atoms with Gasteiger partial charge in [-0.1, -0.05) is 31.9 Å². The molecule has 0 aliphatic carbocycles. The number of carbonyl (C=O) groups is 1. The Morgan fingerprint density at radius 1 is 1.23 bits per heavy atom. The molecule has 1 aromatic heterocycles. The lowest BCUT2D eigenvalue weighted by Gasteiger charge is -2.09. The SMILES string of the molecule is CCCCCNC(=O)c1ccnc(Nc2ccccc2Br)c1. The molecule has 0 bridgehead atoms. The Morgan fingerprint density at radius 3 is 2.82 bits per heavy atom. The predicted molar refractivity (Wildman–Crippen MR) is 93.5 cm³/mol. The normalized spacial score (nSPS) is 10.3. The van der Waals surface area contributed by atoms with Crippen LogP contribution < -0.4 is 10.6 Å². The number of para-hydroxylation sites is 1. The van der Waals surface area contributed by atoms with Crippen LogP contribution in [0.15, 0.2) is 47.1 Å². The van der Waals surface area contributed by atoms with Crippen LogP contribution in [0.1, 0.15) is 36.5 Å². The minimum Gasteiger partial charge on any atom is -0.352 e. The third-order valence-electron chi connectivity index (χ3n) is 3.22. The lowest BCUT2D eigenvalue weighted by atomic mass is 10.2. The second-order valence-corrected chi connectivity index (χ2v) is 5.85. The summed E-state index contributed by atoms with van der Waals surface area (Å²) in [5.41, 5.74) is 1.52. The molecular formula is C17H20BrN3O. The second-order valence-electron chi connectivity index (χ2n) is 5.00. The first-order chi connectivity index (χ1) is 10.7. The van der Waals surface area contributed by atoms with Crippen molar-refractivity contribution < 1.29 is 4.79 Å². The summed E-state index contributed by atoms with van der Waals surface area (Å²) >= 11 is 3.48. The van der Waals surface area contributed by atoms with Crippen molar-refractivity contribution in [2.45, 2.75) is 26.2 Å². The zero-order chi connectivity index (χ0) is 15.8. The number of amides is 1. The van der Waals surface area contributed by atoms with Gasteiger partial charge in [0.15, 0.2) is 0 Å². The first kappa shape index (κ1) is 16.5. The molecule has 116 valence electrons. The van der Waals surface area contributed by atoms with Gasteiger partial charge in [-0.3, -0.25) is 4.79 Å². The molecule has 22 heavy (non-hydrogen) atoms. The highest BCUT2D eigenvalue weighted by molar-refractivity contribution is 9.10. The fourth-order valence-electron chi connectivity index (χ4n) is 2.02. The molecule has 0 aliphatic heterocycles. The molecule has 0 aliphatic rings. The number of pyridine rings is 1. The van der Waals surface area contributed by atoms with Crippen molar-refractivity contribution in [3.63, 3.8) is 0 Å². The van der Waals surface area contributed by atoms with Crippen LogP contribution in [0.4, 0.5) is 11.5 Å². The van der Waals surface area contributed by atoms with E-state index in [0.717, 1.165) is 29.4 Å². The van der Waals surface area contributed by atoms with E-state index in [0.29, 0.717) is 17.9 Å². The summed E-state index contributed by atoms with van der Waals surface area (Å²) in [4.78, 5) is 16.4. The maximum Gasteiger partial charge on any atom is 0.251 e. The van der Waals surface area contributed by atoms with Gasteiger partial charge in [-0.05, 0) is 46.6 Å². The van der Waals surface area contributed by atoms with E-state index in [-0.39, 0.29) is 5.91 Å². The van der Waals surface area contributed by atoms with Gasteiger partial charge in [0.1, 0.15) is 5.82 Å². The van der Waals surface area contributed by atoms with Gasteiger partial charge in [-0.2, -0.15) is 0 Å². The molecule has 0 atom stereocenters. The monoisotopic (exact) mass is 361 g/mol. The van der Waals surface area contributed by atoms with E-state index in [1.165, 1.54) is 0 Å². The number of carbonyl (C=O) groups excluding carboxylic acids is 1. The summed E-state index contributed by atoms with van der Waals surface area (Å²) in [6, 6.07) is 11.3. The minimum atomic E-state index is -0.0614. The van der Waals surface area contributed by atoms with E-state index in [9.17, 15) is 4.79 Å². The van der Waals surface area contributed by atoms with Crippen molar-refractivity contribution in [3.8, 4) is 0 Å². The van der Waals surface area contributed by atoms with E-state index in [4.69, 9.17) is 0 Å². The summed E-state index contributed by atoms with van der Waals surface area (Å²) in [7, 11) is 0. The number of nitrogens with zero attached hydrogens (tertiary/aromatic N) is 1. The molecule has 0 saturated heterocycles. The maximum atomic E-state index is 12.1. The fraction of sp³-hybridized carbons (Fsp3) is 0.294. The second kappa shape index (κ2) is 8.54. The molecule has 2 rings (SSSR count). The van der Waals surface area contributed by atoms with Crippen LogP contribution in [0.5, 0.6) is 0 Å². The van der Waals surface area contributed by atoms with Crippen LogP contribution >= 0.6 is 15.9 Å². The van der Waals surface area contributed by atoms with Crippen molar-refractivity contribution in [3.05, 3.63) is 52.6 Å². The summed E-state index contributed by atoms with van der Waals surface area (Å²) in [5, 5.41) is 6.14. The zero-order valence-corrected chi connectivity index (χ0v) is 14.2. The molecule has 4 nitrogen and oxygen atoms in total. The number of aromatic nitrogens is 1. The van der Waals surface area contributed by atoms with Crippen LogP contribution in [-0.2, 0) is 0 Å². The largest absolute Gasteiger partial charge is 0.352 e. The van der Waals surface area contributed by atoms with E-state index < -0.39 is 0 Å². The maximum absolute atomic E-state index is 12.1. The summed E-state index contributed by atoms with van der Waals surface area (Å²) in [5.74, 6) is 0.585. The van der Waals surface area contributed by atoms with Crippen molar-refractivity contribution >= 4 is 33.3 Å². The van der Waals surface area contributed by atoms with Gasteiger partial charge in [0.2, 0.25) is 0 Å². The summed E-state index contributed by atoms with van der Waals surface area (Å²) in [6.45, 7) is 2.85. The molecule has 0 saturated carbocycles. The first-order valence-corrected chi connectivity index (χ1v) is 8.26. The topological polar surface area (TPSA) is 54.0 Å². The highest BCUT2D eigenvalue weighted by Gasteiger charge is 2.07. The van der Waals surface area contributed by atoms with Crippen LogP contribution in [0, 0.1) is 0 Å². The average Bonchev–Trinajstić information content (AvgIpc) is 2.54. The number of unbranched alkanes of at least 4 members (excludes halogenated alkanes) is 2. The van der Waals surface area contributed by atoms with Crippen LogP contribution in [-0.4, -0.2) is 17.4 Å². The van der Waals surface area contributed by atoms with E-state index in [2.05, 4.69) is 38.5 Å². The Bertz CT molecular complexity index is 631. The molecule has 0 spiro atoms. The molecule has 5 heteroatoms. The van der Waals surface area contributed by atoms with Gasteiger partial charge >= 0.3 is 0 Å². The van der Waals surface area contributed by atoms with Gasteiger partial charge < -0.3 is 10.6 Å². The first-order valence-electron chi connectivity index (χ1n) is 7.46. The van der Waals surface area contributed by atoms with E-state index in [1.54, 1.807) is 18.3 Å². The number of nitrogens with one attached hydrogen (secondary N) is 2. The molecular weight excluding hydrogens is 342 g/mol. The third kappa shape index (κ3) is 4.84. The van der Waals surface area contributed by atoms with Crippen molar-refractivity contribution in [2.75, 3.05) is 11.9 Å². The number of hydrogen-bond acceptors (Lipinski definition) is 3. The Labute approximate surface area is 139 Å². The van der Waals surface area contributed by atoms with Gasteiger partial charge in [0, 0.05) is 22.8 Å². The van der Waals surface area contributed by atoms with Gasteiger partial charge in [-0.15, -0.1) is 0 Å². The number of anilines is 2. The predicted octanol–water partition coefficient (Wildman–Crippen LogP) is 4.51. The van der Waals surface area contributed by atoms with Gasteiger partial charge in [0.25, 0.3) is 5.91 Å². The number of benzene rings is 1. The Hall–Kier alpha value is -1.88. The number of hydrogen-bond donors (Lipinski definition) is 2. The van der Waals surface area contributed by atoms with Crippen LogP contribution in [0.3, 0.4) is 0 Å². The van der Waals surface area contributed by atoms with Gasteiger partial charge in [0.05, 0.1) is 5.69 Å². The van der Waals surface area contributed by atoms with E-state index in [1.807, 2.05) is 24.3 Å². The number of halogens is 1. The summed E-state index contributed by atoms with van der Waals surface area (Å²) in [6.07, 6.45) is 4.92. The van der Waals surface area contributed by atoms with Crippen molar-refractivity contribution in [2.24, 2.45) is 0 Å². The molecule has 2 N–H and O–H groups in total. The lowest BCUT2D eigenvalue weighted by Crippen LogP contribution is -2.24. The van der Waals surface area contributed by atoms with Crippen molar-refractivity contribution in [1.29, 1.82) is 0 Å². The standard InChI is InChI=1S/C17H20BrN3O/c1-2-3-6-10-20-17(22)13-9-11-19-16(12-13)21-15-8-5-4-7-14(15)18/h4-5,7-9,11-12H,2-3,6,10H2,1H3,(H,19,21)(H,20,22). The van der Waals surface area contributed by atoms with Gasteiger partial charge in [-0.25, -0.2) is 4.98 Å². The number of rotatable bonds is 7.